The van der Waals surface area contributed by atoms with Crippen LogP contribution in [0.3, 0.4) is 0 Å². The quantitative estimate of drug-likeness (QED) is 0.814. The van der Waals surface area contributed by atoms with Crippen molar-refractivity contribution in [2.75, 3.05) is 13.2 Å². The van der Waals surface area contributed by atoms with E-state index in [0.717, 1.165) is 32.5 Å². The molecule has 0 radical (unpaired) electrons. The molecule has 3 rings (SSSR count). The average Bonchev–Trinajstić information content (AvgIpc) is 2.88. The van der Waals surface area contributed by atoms with Crippen molar-refractivity contribution in [3.63, 3.8) is 0 Å². The first-order chi connectivity index (χ1) is 7.75. The Morgan fingerprint density at radius 2 is 2.12 bits per heavy atom. The Morgan fingerprint density at radius 3 is 2.75 bits per heavy atom. The van der Waals surface area contributed by atoms with Gasteiger partial charge in [-0.1, -0.05) is 0 Å². The van der Waals surface area contributed by atoms with Crippen molar-refractivity contribution < 1.29 is 4.74 Å². The highest BCUT2D eigenvalue weighted by molar-refractivity contribution is 5.32. The third kappa shape index (κ3) is 1.76. The highest BCUT2D eigenvalue weighted by atomic mass is 16.5. The van der Waals surface area contributed by atoms with E-state index >= 15 is 0 Å². The lowest BCUT2D eigenvalue weighted by Crippen LogP contribution is -2.16. The van der Waals surface area contributed by atoms with E-state index in [1.54, 1.807) is 0 Å². The zero-order valence-corrected chi connectivity index (χ0v) is 9.72. The van der Waals surface area contributed by atoms with Crippen molar-refractivity contribution in [3.8, 4) is 0 Å². The maximum Gasteiger partial charge on any atom is 0.0692 e. The van der Waals surface area contributed by atoms with E-state index in [2.05, 4.69) is 11.3 Å². The monoisotopic (exact) mass is 221 g/mol. The summed E-state index contributed by atoms with van der Waals surface area (Å²) >= 11 is 0. The molecule has 2 heterocycles. The lowest BCUT2D eigenvalue weighted by Gasteiger charge is -2.21. The van der Waals surface area contributed by atoms with Gasteiger partial charge in [0, 0.05) is 44.3 Å². The van der Waals surface area contributed by atoms with Gasteiger partial charge >= 0.3 is 0 Å². The highest BCUT2D eigenvalue weighted by Crippen LogP contribution is 2.43. The molecular formula is C12H19N3O. The molecule has 1 aliphatic carbocycles. The minimum atomic E-state index is 0.364. The molecule has 88 valence electrons. The fourth-order valence-corrected chi connectivity index (χ4v) is 2.67. The van der Waals surface area contributed by atoms with Gasteiger partial charge in [-0.15, -0.1) is 0 Å². The minimum Gasteiger partial charge on any atom is -0.381 e. The summed E-state index contributed by atoms with van der Waals surface area (Å²) < 4.78 is 7.34. The lowest BCUT2D eigenvalue weighted by atomic mass is 9.92. The molecule has 0 amide bonds. The van der Waals surface area contributed by atoms with Crippen LogP contribution in [0.25, 0.3) is 0 Å². The number of hydrogen-bond acceptors (Lipinski definition) is 3. The third-order valence-electron chi connectivity index (χ3n) is 3.73. The van der Waals surface area contributed by atoms with Crippen molar-refractivity contribution in [2.45, 2.75) is 37.1 Å². The summed E-state index contributed by atoms with van der Waals surface area (Å²) in [5.74, 6) is 1.14. The summed E-state index contributed by atoms with van der Waals surface area (Å²) in [6, 6.07) is 0.364. The van der Waals surface area contributed by atoms with Crippen LogP contribution in [0.4, 0.5) is 0 Å². The van der Waals surface area contributed by atoms with Crippen LogP contribution in [0.5, 0.6) is 0 Å². The van der Waals surface area contributed by atoms with Gasteiger partial charge in [0.1, 0.15) is 0 Å². The number of rotatable bonds is 2. The van der Waals surface area contributed by atoms with Gasteiger partial charge in [0.15, 0.2) is 0 Å². The second-order valence-electron chi connectivity index (χ2n) is 5.04. The molecule has 0 aromatic carbocycles. The molecule has 16 heavy (non-hydrogen) atoms. The van der Waals surface area contributed by atoms with Crippen LogP contribution < -0.4 is 5.73 Å². The van der Waals surface area contributed by atoms with Crippen molar-refractivity contribution in [1.82, 2.24) is 9.78 Å². The fraction of sp³-hybridized carbons (Fsp3) is 0.750. The second-order valence-corrected chi connectivity index (χ2v) is 5.04. The summed E-state index contributed by atoms with van der Waals surface area (Å²) in [7, 11) is 2.00. The second kappa shape index (κ2) is 3.86. The summed E-state index contributed by atoms with van der Waals surface area (Å²) in [4.78, 5) is 0. The molecule has 4 nitrogen and oxygen atoms in total. The molecule has 1 saturated heterocycles. The van der Waals surface area contributed by atoms with E-state index in [9.17, 15) is 0 Å². The Labute approximate surface area is 95.8 Å². The molecule has 2 unspecified atom stereocenters. The molecule has 2 fully saturated rings. The van der Waals surface area contributed by atoms with E-state index < -0.39 is 0 Å². The van der Waals surface area contributed by atoms with Gasteiger partial charge < -0.3 is 10.5 Å². The van der Waals surface area contributed by atoms with E-state index in [4.69, 9.17) is 10.5 Å². The van der Waals surface area contributed by atoms with Crippen LogP contribution in [-0.4, -0.2) is 29.0 Å². The summed E-state index contributed by atoms with van der Waals surface area (Å²) in [6.45, 7) is 1.74. The maximum absolute atomic E-state index is 5.94. The zero-order valence-electron chi connectivity index (χ0n) is 9.72. The highest BCUT2D eigenvalue weighted by Gasteiger charge is 2.39. The van der Waals surface area contributed by atoms with Gasteiger partial charge in [0.25, 0.3) is 0 Å². The molecule has 2 atom stereocenters. The number of ether oxygens (including phenoxy) is 1. The molecule has 4 heteroatoms. The third-order valence-corrected chi connectivity index (χ3v) is 3.73. The molecule has 2 N–H and O–H groups in total. The predicted octanol–water partition coefficient (Wildman–Crippen LogP) is 1.13. The Balaban J connectivity index is 1.86. The average molecular weight is 221 g/mol. The lowest BCUT2D eigenvalue weighted by molar-refractivity contribution is 0.0842. The molecule has 2 aliphatic rings. The molecule has 0 spiro atoms. The standard InChI is InChI=1S/C12H19N3O/c1-15-7-10(9-6-11(9)13)12(14-15)8-2-4-16-5-3-8/h7-9,11H,2-6,13H2,1H3. The van der Waals surface area contributed by atoms with Crippen molar-refractivity contribution >= 4 is 0 Å². The topological polar surface area (TPSA) is 53.1 Å². The van der Waals surface area contributed by atoms with Crippen LogP contribution in [-0.2, 0) is 11.8 Å². The maximum atomic E-state index is 5.94. The summed E-state index contributed by atoms with van der Waals surface area (Å²) in [6.07, 6.45) is 5.49. The molecule has 1 aromatic rings. The van der Waals surface area contributed by atoms with Gasteiger partial charge in [-0.3, -0.25) is 4.68 Å². The first kappa shape index (κ1) is 10.3. The number of hydrogen-bond donors (Lipinski definition) is 1. The number of aryl methyl sites for hydroxylation is 1. The van der Waals surface area contributed by atoms with Gasteiger partial charge in [0.05, 0.1) is 5.69 Å². The molecule has 1 aliphatic heterocycles. The normalized spacial score (nSPS) is 30.6. The van der Waals surface area contributed by atoms with Gasteiger partial charge in [-0.05, 0) is 24.8 Å². The minimum absolute atomic E-state index is 0.364. The molecule has 1 saturated carbocycles. The van der Waals surface area contributed by atoms with Crippen molar-refractivity contribution in [3.05, 3.63) is 17.5 Å². The number of nitrogens with two attached hydrogens (primary N) is 1. The smallest absolute Gasteiger partial charge is 0.0692 e. The Bertz CT molecular complexity index is 382. The van der Waals surface area contributed by atoms with Gasteiger partial charge in [-0.2, -0.15) is 5.10 Å². The van der Waals surface area contributed by atoms with E-state index in [1.165, 1.54) is 11.3 Å². The molecule has 0 bridgehead atoms. The SMILES string of the molecule is Cn1cc(C2CC2N)c(C2CCOCC2)n1. The van der Waals surface area contributed by atoms with Crippen molar-refractivity contribution in [2.24, 2.45) is 12.8 Å². The van der Waals surface area contributed by atoms with Crippen LogP contribution >= 0.6 is 0 Å². The Kier molecular flexibility index (Phi) is 2.48. The van der Waals surface area contributed by atoms with E-state index in [-0.39, 0.29) is 0 Å². The van der Waals surface area contributed by atoms with Gasteiger partial charge in [0.2, 0.25) is 0 Å². The number of aromatic nitrogens is 2. The van der Waals surface area contributed by atoms with E-state index in [1.807, 2.05) is 11.7 Å². The van der Waals surface area contributed by atoms with Crippen LogP contribution in [0.1, 0.15) is 42.4 Å². The predicted molar refractivity (Wildman–Crippen MR) is 61.3 cm³/mol. The summed E-state index contributed by atoms with van der Waals surface area (Å²) in [5.41, 5.74) is 8.62. The molecular weight excluding hydrogens is 202 g/mol. The first-order valence-electron chi connectivity index (χ1n) is 6.12. The largest absolute Gasteiger partial charge is 0.381 e. The van der Waals surface area contributed by atoms with Crippen molar-refractivity contribution in [1.29, 1.82) is 0 Å². The Hall–Kier alpha value is -0.870. The van der Waals surface area contributed by atoms with Crippen LogP contribution in [0.15, 0.2) is 6.20 Å². The number of nitrogens with zero attached hydrogens (tertiary/aromatic N) is 2. The van der Waals surface area contributed by atoms with Crippen LogP contribution in [0.2, 0.25) is 0 Å². The Morgan fingerprint density at radius 1 is 1.44 bits per heavy atom. The van der Waals surface area contributed by atoms with Crippen LogP contribution in [0, 0.1) is 0 Å². The van der Waals surface area contributed by atoms with E-state index in [0.29, 0.717) is 17.9 Å². The zero-order chi connectivity index (χ0) is 11.1. The fourth-order valence-electron chi connectivity index (χ4n) is 2.67. The first-order valence-corrected chi connectivity index (χ1v) is 6.12. The summed E-state index contributed by atoms with van der Waals surface area (Å²) in [5, 5.41) is 4.64. The molecule has 1 aromatic heterocycles. The van der Waals surface area contributed by atoms with Gasteiger partial charge in [-0.25, -0.2) is 0 Å².